The highest BCUT2D eigenvalue weighted by Gasteiger charge is 2.26. The number of carbonyl (C=O) groups is 2. The third-order valence-electron chi connectivity index (χ3n) is 4.74. The number of hydrogen-bond acceptors (Lipinski definition) is 5. The molecule has 0 saturated heterocycles. The van der Waals surface area contributed by atoms with Crippen molar-refractivity contribution >= 4 is 17.5 Å². The molecule has 1 atom stereocenters. The van der Waals surface area contributed by atoms with Crippen molar-refractivity contribution in [1.82, 2.24) is 25.1 Å². The monoisotopic (exact) mass is 392 g/mol. The quantitative estimate of drug-likeness (QED) is 0.665. The lowest BCUT2D eigenvalue weighted by Gasteiger charge is -2.23. The summed E-state index contributed by atoms with van der Waals surface area (Å²) in [6, 6.07) is 14.8. The molecule has 0 saturated carbocycles. The number of nitrogens with zero attached hydrogens (tertiary/aromatic N) is 5. The van der Waals surface area contributed by atoms with Gasteiger partial charge >= 0.3 is 0 Å². The van der Waals surface area contributed by atoms with Crippen LogP contribution in [0.2, 0.25) is 0 Å². The number of amides is 2. The Morgan fingerprint density at radius 3 is 2.38 bits per heavy atom. The van der Waals surface area contributed by atoms with Gasteiger partial charge in [-0.2, -0.15) is 0 Å². The maximum absolute atomic E-state index is 13.1. The topological polar surface area (TPSA) is 93.0 Å². The van der Waals surface area contributed by atoms with Gasteiger partial charge in [-0.05, 0) is 41.0 Å². The summed E-state index contributed by atoms with van der Waals surface area (Å²) in [5.41, 5.74) is 3.71. The Bertz CT molecular complexity index is 952. The molecule has 0 aliphatic carbocycles. The molecule has 1 aromatic heterocycles. The number of aromatic nitrogens is 4. The number of likely N-dealkylation sites (N-methyl/N-ethyl adjacent to an activating group) is 1. The molecule has 0 aliphatic heterocycles. The molecular weight excluding hydrogens is 368 g/mol. The molecule has 3 rings (SSSR count). The van der Waals surface area contributed by atoms with Gasteiger partial charge in [0.25, 0.3) is 0 Å². The van der Waals surface area contributed by atoms with E-state index in [1.54, 1.807) is 7.05 Å². The Hall–Kier alpha value is -3.55. The predicted molar refractivity (Wildman–Crippen MR) is 109 cm³/mol. The van der Waals surface area contributed by atoms with E-state index in [-0.39, 0.29) is 18.4 Å². The summed E-state index contributed by atoms with van der Waals surface area (Å²) in [5, 5.41) is 14.1. The number of benzene rings is 2. The van der Waals surface area contributed by atoms with E-state index in [4.69, 9.17) is 0 Å². The first kappa shape index (κ1) is 20.2. The highest BCUT2D eigenvalue weighted by molar-refractivity contribution is 5.96. The van der Waals surface area contributed by atoms with Crippen LogP contribution in [-0.4, -0.2) is 50.5 Å². The largest absolute Gasteiger partial charge is 0.335 e. The van der Waals surface area contributed by atoms with E-state index in [9.17, 15) is 9.59 Å². The fraction of sp³-hybridized carbons (Fsp3) is 0.286. The van der Waals surface area contributed by atoms with Crippen LogP contribution in [0.4, 0.5) is 5.69 Å². The van der Waals surface area contributed by atoms with Crippen LogP contribution in [0.3, 0.4) is 0 Å². The van der Waals surface area contributed by atoms with Crippen molar-refractivity contribution in [3.8, 4) is 0 Å². The van der Waals surface area contributed by atoms with E-state index in [0.29, 0.717) is 6.42 Å². The fourth-order valence-electron chi connectivity index (χ4n) is 3.18. The molecule has 1 unspecified atom stereocenters. The second kappa shape index (κ2) is 9.09. The van der Waals surface area contributed by atoms with Crippen molar-refractivity contribution < 1.29 is 9.59 Å². The Kier molecular flexibility index (Phi) is 6.33. The van der Waals surface area contributed by atoms with Crippen LogP contribution in [0.1, 0.15) is 22.7 Å². The molecule has 3 aromatic rings. The lowest BCUT2D eigenvalue weighted by atomic mass is 10.1. The smallest absolute Gasteiger partial charge is 0.248 e. The molecular formula is C21H24N6O2. The zero-order valence-electron chi connectivity index (χ0n) is 16.7. The molecule has 29 heavy (non-hydrogen) atoms. The number of rotatable bonds is 7. The number of hydrogen-bond donors (Lipinski definition) is 1. The van der Waals surface area contributed by atoms with E-state index in [1.807, 2.05) is 62.4 Å². The number of nitrogens with one attached hydrogen (secondary N) is 1. The molecule has 8 heteroatoms. The maximum atomic E-state index is 13.1. The van der Waals surface area contributed by atoms with Gasteiger partial charge in [-0.3, -0.25) is 9.59 Å². The van der Waals surface area contributed by atoms with Gasteiger partial charge < -0.3 is 10.2 Å². The molecule has 0 spiro atoms. The van der Waals surface area contributed by atoms with Gasteiger partial charge in [0.05, 0.1) is 6.54 Å². The van der Waals surface area contributed by atoms with Crippen LogP contribution in [0, 0.1) is 13.8 Å². The molecule has 0 fully saturated rings. The lowest BCUT2D eigenvalue weighted by Crippen LogP contribution is -2.40. The van der Waals surface area contributed by atoms with Crippen molar-refractivity contribution in [1.29, 1.82) is 0 Å². The minimum Gasteiger partial charge on any atom is -0.335 e. The van der Waals surface area contributed by atoms with Crippen LogP contribution in [0.25, 0.3) is 0 Å². The van der Waals surface area contributed by atoms with E-state index < -0.39 is 6.04 Å². The zero-order chi connectivity index (χ0) is 20.8. The zero-order valence-corrected chi connectivity index (χ0v) is 16.7. The van der Waals surface area contributed by atoms with Crippen LogP contribution in [0.15, 0.2) is 54.9 Å². The van der Waals surface area contributed by atoms with E-state index >= 15 is 0 Å². The van der Waals surface area contributed by atoms with Gasteiger partial charge in [-0.15, -0.1) is 5.10 Å². The number of carbonyl (C=O) groups excluding carboxylic acids is 2. The number of tetrazole rings is 1. The van der Waals surface area contributed by atoms with Gasteiger partial charge in [-0.25, -0.2) is 4.68 Å². The molecule has 2 aromatic carbocycles. The third kappa shape index (κ3) is 5.04. The van der Waals surface area contributed by atoms with Crippen molar-refractivity contribution in [2.75, 3.05) is 18.9 Å². The normalized spacial score (nSPS) is 11.7. The summed E-state index contributed by atoms with van der Waals surface area (Å²) in [4.78, 5) is 27.0. The van der Waals surface area contributed by atoms with E-state index in [2.05, 4.69) is 20.8 Å². The molecule has 0 radical (unpaired) electrons. The summed E-state index contributed by atoms with van der Waals surface area (Å²) < 4.78 is 1.43. The first-order chi connectivity index (χ1) is 14.0. The van der Waals surface area contributed by atoms with Crippen LogP contribution in [0.5, 0.6) is 0 Å². The molecule has 0 bridgehead atoms. The van der Waals surface area contributed by atoms with Gasteiger partial charge in [0.15, 0.2) is 0 Å². The minimum atomic E-state index is -0.634. The number of aryl methyl sites for hydroxylation is 2. The summed E-state index contributed by atoms with van der Waals surface area (Å²) >= 11 is 0. The number of anilines is 1. The van der Waals surface area contributed by atoms with Crippen LogP contribution >= 0.6 is 0 Å². The predicted octanol–water partition coefficient (Wildman–Crippen LogP) is 2.17. The summed E-state index contributed by atoms with van der Waals surface area (Å²) in [7, 11) is 1.61. The number of para-hydroxylation sites is 1. The van der Waals surface area contributed by atoms with Crippen molar-refractivity contribution in [2.24, 2.45) is 0 Å². The molecule has 150 valence electrons. The van der Waals surface area contributed by atoms with Gasteiger partial charge in [0, 0.05) is 19.2 Å². The SMILES string of the molecule is Cc1cccc(C)c1NC(=O)CN(C)C(=O)C(Cc1ccccc1)n1cnnn1. The van der Waals surface area contributed by atoms with Gasteiger partial charge in [0.1, 0.15) is 12.4 Å². The Morgan fingerprint density at radius 1 is 1.07 bits per heavy atom. The molecule has 8 nitrogen and oxygen atoms in total. The molecule has 0 aliphatic rings. The highest BCUT2D eigenvalue weighted by atomic mass is 16.2. The summed E-state index contributed by atoms with van der Waals surface area (Å²) in [6.07, 6.45) is 1.84. The highest BCUT2D eigenvalue weighted by Crippen LogP contribution is 2.20. The first-order valence-electron chi connectivity index (χ1n) is 9.33. The van der Waals surface area contributed by atoms with E-state index in [1.165, 1.54) is 15.9 Å². The standard InChI is InChI=1S/C21H24N6O2/c1-15-8-7-9-16(2)20(15)23-19(28)13-26(3)21(29)18(27-14-22-24-25-27)12-17-10-5-4-6-11-17/h4-11,14,18H,12-13H2,1-3H3,(H,23,28). The Balaban J connectivity index is 1.71. The van der Waals surface area contributed by atoms with Gasteiger partial charge in [-0.1, -0.05) is 48.5 Å². The van der Waals surface area contributed by atoms with Crippen molar-refractivity contribution in [3.63, 3.8) is 0 Å². The average molecular weight is 392 g/mol. The third-order valence-corrected chi connectivity index (χ3v) is 4.74. The van der Waals surface area contributed by atoms with E-state index in [0.717, 1.165) is 22.4 Å². The second-order valence-electron chi connectivity index (χ2n) is 7.00. The van der Waals surface area contributed by atoms with Crippen molar-refractivity contribution in [3.05, 3.63) is 71.5 Å². The van der Waals surface area contributed by atoms with Crippen LogP contribution in [-0.2, 0) is 16.0 Å². The van der Waals surface area contributed by atoms with Crippen LogP contribution < -0.4 is 5.32 Å². The molecule has 1 N–H and O–H groups in total. The molecule has 1 heterocycles. The fourth-order valence-corrected chi connectivity index (χ4v) is 3.18. The van der Waals surface area contributed by atoms with Gasteiger partial charge in [0.2, 0.25) is 11.8 Å². The molecule has 2 amide bonds. The van der Waals surface area contributed by atoms with Crippen molar-refractivity contribution in [2.45, 2.75) is 26.3 Å². The Labute approximate surface area is 169 Å². The Morgan fingerprint density at radius 2 is 1.76 bits per heavy atom. The lowest BCUT2D eigenvalue weighted by molar-refractivity contribution is -0.136. The maximum Gasteiger partial charge on any atom is 0.248 e. The summed E-state index contributed by atoms with van der Waals surface area (Å²) in [6.45, 7) is 3.80. The first-order valence-corrected chi connectivity index (χ1v) is 9.33. The minimum absolute atomic E-state index is 0.0694. The second-order valence-corrected chi connectivity index (χ2v) is 7.00. The average Bonchev–Trinajstić information content (AvgIpc) is 3.24. The summed E-state index contributed by atoms with van der Waals surface area (Å²) in [5.74, 6) is -0.494.